The lowest BCUT2D eigenvalue weighted by molar-refractivity contribution is -0.139. The molecule has 1 heterocycles. The Balaban J connectivity index is 2.79. The molecule has 0 saturated carbocycles. The van der Waals surface area contributed by atoms with Crippen LogP contribution in [0.5, 0.6) is 0 Å². The van der Waals surface area contributed by atoms with Gasteiger partial charge in [0.15, 0.2) is 6.04 Å². The van der Waals surface area contributed by atoms with Gasteiger partial charge in [-0.25, -0.2) is 14.6 Å². The number of nitrogens with zero attached hydrogens (tertiary/aromatic N) is 1. The van der Waals surface area contributed by atoms with Crippen molar-refractivity contribution in [3.8, 4) is 0 Å². The van der Waals surface area contributed by atoms with Crippen LogP contribution in [0.2, 0.25) is 0 Å². The van der Waals surface area contributed by atoms with Gasteiger partial charge in [-0.15, -0.1) is 11.3 Å². The molecule has 19 heavy (non-hydrogen) atoms. The van der Waals surface area contributed by atoms with E-state index in [1.165, 1.54) is 11.3 Å². The zero-order chi connectivity index (χ0) is 14.6. The van der Waals surface area contributed by atoms with Crippen LogP contribution in [0.1, 0.15) is 44.4 Å². The first-order valence-electron chi connectivity index (χ1n) is 5.89. The average Bonchev–Trinajstić information content (AvgIpc) is 2.71. The highest BCUT2D eigenvalue weighted by Crippen LogP contribution is 2.18. The van der Waals surface area contributed by atoms with Crippen molar-refractivity contribution in [3.63, 3.8) is 0 Å². The highest BCUT2D eigenvalue weighted by molar-refractivity contribution is 7.09. The summed E-state index contributed by atoms with van der Waals surface area (Å²) in [6.07, 6.45) is -0.0466. The van der Waals surface area contributed by atoms with Gasteiger partial charge < -0.3 is 15.2 Å². The van der Waals surface area contributed by atoms with Crippen molar-refractivity contribution in [2.45, 2.75) is 45.8 Å². The largest absolute Gasteiger partial charge is 0.479 e. The van der Waals surface area contributed by atoms with Crippen molar-refractivity contribution in [3.05, 3.63) is 16.1 Å². The predicted octanol–water partition coefficient (Wildman–Crippen LogP) is 2.36. The van der Waals surface area contributed by atoms with Gasteiger partial charge in [-0.1, -0.05) is 6.92 Å². The van der Waals surface area contributed by atoms with Gasteiger partial charge in [0.2, 0.25) is 0 Å². The molecular weight excluding hydrogens is 268 g/mol. The van der Waals surface area contributed by atoms with Crippen LogP contribution in [-0.2, 0) is 16.0 Å². The number of carboxylic acids is 1. The van der Waals surface area contributed by atoms with Crippen molar-refractivity contribution in [2.24, 2.45) is 0 Å². The minimum atomic E-state index is -1.19. The average molecular weight is 286 g/mol. The fraction of sp³-hybridized carbons (Fsp3) is 0.583. The molecule has 0 aromatic carbocycles. The van der Waals surface area contributed by atoms with Gasteiger partial charge in [-0.2, -0.15) is 0 Å². The third-order valence-electron chi connectivity index (χ3n) is 2.08. The Morgan fingerprint density at radius 2 is 2.16 bits per heavy atom. The molecule has 0 saturated heterocycles. The molecule has 1 aromatic rings. The van der Waals surface area contributed by atoms with Crippen LogP contribution in [0, 0.1) is 0 Å². The maximum absolute atomic E-state index is 11.6. The SMILES string of the molecule is CCc1nc(C(NC(=O)OC(C)(C)C)C(=O)O)cs1. The normalized spacial score (nSPS) is 12.8. The van der Waals surface area contributed by atoms with Gasteiger partial charge in [-0.05, 0) is 27.2 Å². The Hall–Kier alpha value is -1.63. The maximum atomic E-state index is 11.6. The number of aromatic nitrogens is 1. The standard InChI is InChI=1S/C12H18N2O4S/c1-5-8-13-7(6-19-8)9(10(15)16)14-11(17)18-12(2,3)4/h6,9H,5H2,1-4H3,(H,14,17)(H,15,16). The van der Waals surface area contributed by atoms with Crippen molar-refractivity contribution in [1.29, 1.82) is 0 Å². The monoisotopic (exact) mass is 286 g/mol. The lowest BCUT2D eigenvalue weighted by Gasteiger charge is -2.21. The number of alkyl carbamates (subject to hydrolysis) is 1. The highest BCUT2D eigenvalue weighted by atomic mass is 32.1. The van der Waals surface area contributed by atoms with Crippen molar-refractivity contribution in [1.82, 2.24) is 10.3 Å². The van der Waals surface area contributed by atoms with Gasteiger partial charge in [0.25, 0.3) is 0 Å². The summed E-state index contributed by atoms with van der Waals surface area (Å²) >= 11 is 1.37. The minimum absolute atomic E-state index is 0.320. The molecule has 1 amide bonds. The molecule has 1 rings (SSSR count). The number of thiazole rings is 1. The summed E-state index contributed by atoms with van der Waals surface area (Å²) in [6.45, 7) is 7.06. The smallest absolute Gasteiger partial charge is 0.408 e. The number of amides is 1. The number of aryl methyl sites for hydroxylation is 1. The van der Waals surface area contributed by atoms with Crippen molar-refractivity contribution < 1.29 is 19.4 Å². The molecule has 0 fully saturated rings. The molecule has 1 aromatic heterocycles. The van der Waals surface area contributed by atoms with E-state index in [-0.39, 0.29) is 0 Å². The van der Waals surface area contributed by atoms with Crippen LogP contribution < -0.4 is 5.32 Å². The Labute approximate surface area is 115 Å². The van der Waals surface area contributed by atoms with Crippen molar-refractivity contribution in [2.75, 3.05) is 0 Å². The van der Waals surface area contributed by atoms with Crippen LogP contribution in [0.25, 0.3) is 0 Å². The van der Waals surface area contributed by atoms with Crippen LogP contribution in [0.15, 0.2) is 5.38 Å². The number of ether oxygens (including phenoxy) is 1. The number of carbonyl (C=O) groups is 2. The number of hydrogen-bond acceptors (Lipinski definition) is 5. The zero-order valence-electron chi connectivity index (χ0n) is 11.4. The summed E-state index contributed by atoms with van der Waals surface area (Å²) in [5.74, 6) is -1.17. The zero-order valence-corrected chi connectivity index (χ0v) is 12.2. The summed E-state index contributed by atoms with van der Waals surface area (Å²) < 4.78 is 5.04. The second kappa shape index (κ2) is 6.01. The molecule has 106 valence electrons. The van der Waals surface area contributed by atoms with Crippen LogP contribution in [0.4, 0.5) is 4.79 Å². The third kappa shape index (κ3) is 4.86. The molecule has 0 aliphatic heterocycles. The second-order valence-electron chi connectivity index (χ2n) is 4.94. The summed E-state index contributed by atoms with van der Waals surface area (Å²) in [4.78, 5) is 27.0. The predicted molar refractivity (Wildman–Crippen MR) is 71.2 cm³/mol. The first kappa shape index (κ1) is 15.4. The lowest BCUT2D eigenvalue weighted by atomic mass is 10.2. The molecule has 2 N–H and O–H groups in total. The van der Waals surface area contributed by atoms with E-state index in [9.17, 15) is 9.59 Å². The number of rotatable bonds is 4. The Morgan fingerprint density at radius 3 is 2.58 bits per heavy atom. The van der Waals surface area contributed by atoms with E-state index in [0.29, 0.717) is 5.69 Å². The van der Waals surface area contributed by atoms with E-state index in [4.69, 9.17) is 9.84 Å². The number of carbonyl (C=O) groups excluding carboxylic acids is 1. The second-order valence-corrected chi connectivity index (χ2v) is 5.88. The van der Waals surface area contributed by atoms with E-state index in [1.807, 2.05) is 6.92 Å². The van der Waals surface area contributed by atoms with Gasteiger partial charge >= 0.3 is 12.1 Å². The molecular formula is C12H18N2O4S. The number of hydrogen-bond donors (Lipinski definition) is 2. The fourth-order valence-corrected chi connectivity index (χ4v) is 2.08. The van der Waals surface area contributed by atoms with Gasteiger partial charge in [-0.3, -0.25) is 0 Å². The summed E-state index contributed by atoms with van der Waals surface area (Å²) in [7, 11) is 0. The minimum Gasteiger partial charge on any atom is -0.479 e. The van der Waals surface area contributed by atoms with Gasteiger partial charge in [0, 0.05) is 5.38 Å². The Morgan fingerprint density at radius 1 is 1.53 bits per heavy atom. The molecule has 0 aliphatic carbocycles. The topological polar surface area (TPSA) is 88.5 Å². The maximum Gasteiger partial charge on any atom is 0.408 e. The van der Waals surface area contributed by atoms with E-state index >= 15 is 0 Å². The van der Waals surface area contributed by atoms with Crippen LogP contribution >= 0.6 is 11.3 Å². The molecule has 1 atom stereocenters. The van der Waals surface area contributed by atoms with Crippen molar-refractivity contribution >= 4 is 23.4 Å². The number of nitrogens with one attached hydrogen (secondary N) is 1. The van der Waals surface area contributed by atoms with E-state index in [0.717, 1.165) is 11.4 Å². The van der Waals surface area contributed by atoms with Gasteiger partial charge in [0.05, 0.1) is 10.7 Å². The van der Waals surface area contributed by atoms with E-state index in [2.05, 4.69) is 10.3 Å². The van der Waals surface area contributed by atoms with E-state index < -0.39 is 23.7 Å². The molecule has 0 bridgehead atoms. The summed E-state index contributed by atoms with van der Waals surface area (Å²) in [5.41, 5.74) is -0.357. The quantitative estimate of drug-likeness (QED) is 0.887. The lowest BCUT2D eigenvalue weighted by Crippen LogP contribution is -2.38. The fourth-order valence-electron chi connectivity index (χ4n) is 1.31. The number of carboxylic acid groups (broad SMARTS) is 1. The third-order valence-corrected chi connectivity index (χ3v) is 3.09. The van der Waals surface area contributed by atoms with Crippen LogP contribution in [0.3, 0.4) is 0 Å². The summed E-state index contributed by atoms with van der Waals surface area (Å²) in [5, 5.41) is 13.9. The Kier molecular flexibility index (Phi) is 4.88. The van der Waals surface area contributed by atoms with E-state index in [1.54, 1.807) is 26.2 Å². The molecule has 7 heteroatoms. The van der Waals surface area contributed by atoms with Crippen LogP contribution in [-0.4, -0.2) is 27.8 Å². The first-order chi connectivity index (χ1) is 8.73. The molecule has 1 unspecified atom stereocenters. The molecule has 0 aliphatic rings. The summed E-state index contributed by atoms with van der Waals surface area (Å²) in [6, 6.07) is -1.19. The van der Waals surface area contributed by atoms with Gasteiger partial charge in [0.1, 0.15) is 5.60 Å². The number of aliphatic carboxylic acids is 1. The highest BCUT2D eigenvalue weighted by Gasteiger charge is 2.27. The molecule has 0 spiro atoms. The Bertz CT molecular complexity index is 465. The first-order valence-corrected chi connectivity index (χ1v) is 6.77. The molecule has 0 radical (unpaired) electrons. The molecule has 6 nitrogen and oxygen atoms in total.